The number of fused-ring (bicyclic) bond motifs is 2. The fourth-order valence-electron chi connectivity index (χ4n) is 3.88. The van der Waals surface area contributed by atoms with Gasteiger partial charge in [-0.25, -0.2) is 0 Å². The maximum Gasteiger partial charge on any atom is 0.290 e. The number of rotatable bonds is 8. The predicted octanol–water partition coefficient (Wildman–Crippen LogP) is 4.32. The van der Waals surface area contributed by atoms with E-state index in [1.807, 2.05) is 6.07 Å². The van der Waals surface area contributed by atoms with Gasteiger partial charge in [0.25, 0.3) is 5.91 Å². The second-order valence-corrected chi connectivity index (χ2v) is 8.13. The van der Waals surface area contributed by atoms with Crippen molar-refractivity contribution in [1.82, 2.24) is 4.90 Å². The summed E-state index contributed by atoms with van der Waals surface area (Å²) in [5.41, 5.74) is 1.13. The third kappa shape index (κ3) is 3.80. The van der Waals surface area contributed by atoms with Gasteiger partial charge in [0.05, 0.1) is 30.7 Å². The highest BCUT2D eigenvalue weighted by atomic mass is 79.9. The summed E-state index contributed by atoms with van der Waals surface area (Å²) < 4.78 is 23.0. The van der Waals surface area contributed by atoms with Crippen molar-refractivity contribution < 1.29 is 23.4 Å². The normalized spacial score (nSPS) is 15.2. The fraction of sp³-hybridized carbons (Fsp3) is 0.250. The largest absolute Gasteiger partial charge is 0.493 e. The highest BCUT2D eigenvalue weighted by Crippen LogP contribution is 2.41. The molecule has 2 aromatic carbocycles. The Bertz CT molecular complexity index is 1250. The van der Waals surface area contributed by atoms with E-state index in [9.17, 15) is 9.59 Å². The molecule has 0 N–H and O–H groups in total. The first-order chi connectivity index (χ1) is 15.5. The number of benzene rings is 2. The lowest BCUT2D eigenvalue weighted by molar-refractivity contribution is 0.0663. The Morgan fingerprint density at radius 3 is 2.69 bits per heavy atom. The number of halogens is 1. The van der Waals surface area contributed by atoms with Crippen molar-refractivity contribution in [2.75, 3.05) is 34.0 Å². The number of carbonyl (C=O) groups excluding carboxylic acids is 1. The van der Waals surface area contributed by atoms with Crippen LogP contribution in [-0.2, 0) is 4.74 Å². The quantitative estimate of drug-likeness (QED) is 0.429. The van der Waals surface area contributed by atoms with Crippen molar-refractivity contribution in [3.05, 3.63) is 80.6 Å². The van der Waals surface area contributed by atoms with Crippen LogP contribution in [0.15, 0.2) is 62.7 Å². The van der Waals surface area contributed by atoms with E-state index in [-0.39, 0.29) is 17.1 Å². The molecule has 1 aliphatic rings. The number of carbonyl (C=O) groups is 1. The molecule has 8 heteroatoms. The number of amides is 1. The molecule has 1 atom stereocenters. The van der Waals surface area contributed by atoms with E-state index in [4.69, 9.17) is 18.6 Å². The Morgan fingerprint density at radius 2 is 1.97 bits per heavy atom. The molecule has 1 amide bonds. The molecule has 0 spiro atoms. The van der Waals surface area contributed by atoms with Crippen molar-refractivity contribution in [2.45, 2.75) is 6.04 Å². The van der Waals surface area contributed by atoms with Crippen LogP contribution >= 0.6 is 15.9 Å². The summed E-state index contributed by atoms with van der Waals surface area (Å²) in [5.74, 6) is 0.732. The monoisotopic (exact) mass is 499 g/mol. The first-order valence-corrected chi connectivity index (χ1v) is 10.8. The lowest BCUT2D eigenvalue weighted by Crippen LogP contribution is -2.32. The second kappa shape index (κ2) is 9.18. The second-order valence-electron chi connectivity index (χ2n) is 7.22. The van der Waals surface area contributed by atoms with Gasteiger partial charge < -0.3 is 23.5 Å². The summed E-state index contributed by atoms with van der Waals surface area (Å²) in [4.78, 5) is 28.4. The Balaban J connectivity index is 1.91. The van der Waals surface area contributed by atoms with Crippen LogP contribution in [0, 0.1) is 0 Å². The standard InChI is InChI=1S/C24H22BrNO6/c1-4-10-31-18-7-5-14(12-19(18)30-3)21-20-22(27)16-13-15(25)6-8-17(16)32-23(20)24(28)26(21)9-11-29-2/h4-8,12-13,21H,1,9-11H2,2-3H3. The van der Waals surface area contributed by atoms with Crippen LogP contribution in [0.1, 0.15) is 27.7 Å². The van der Waals surface area contributed by atoms with Crippen molar-refractivity contribution in [1.29, 1.82) is 0 Å². The zero-order valence-electron chi connectivity index (χ0n) is 17.7. The molecule has 1 aliphatic heterocycles. The van der Waals surface area contributed by atoms with Gasteiger partial charge in [0, 0.05) is 18.1 Å². The van der Waals surface area contributed by atoms with E-state index in [1.54, 1.807) is 48.4 Å². The summed E-state index contributed by atoms with van der Waals surface area (Å²) in [6.07, 6.45) is 1.64. The molecule has 1 unspecified atom stereocenters. The molecule has 0 aliphatic carbocycles. The zero-order valence-corrected chi connectivity index (χ0v) is 19.3. The Labute approximate surface area is 193 Å². The van der Waals surface area contributed by atoms with Crippen LogP contribution < -0.4 is 14.9 Å². The summed E-state index contributed by atoms with van der Waals surface area (Å²) in [6, 6.07) is 9.85. The van der Waals surface area contributed by atoms with Gasteiger partial charge in [-0.15, -0.1) is 0 Å². The predicted molar refractivity (Wildman–Crippen MR) is 124 cm³/mol. The number of methoxy groups -OCH3 is 2. The Kier molecular flexibility index (Phi) is 6.34. The SMILES string of the molecule is C=CCOc1ccc(C2c3c(oc4ccc(Br)cc4c3=O)C(=O)N2CCOC)cc1OC. The first kappa shape index (κ1) is 22.1. The molecule has 7 nitrogen and oxygen atoms in total. The molecule has 1 aromatic heterocycles. The molecule has 0 radical (unpaired) electrons. The van der Waals surface area contributed by atoms with Crippen molar-refractivity contribution in [3.63, 3.8) is 0 Å². The van der Waals surface area contributed by atoms with Crippen molar-refractivity contribution >= 4 is 32.8 Å². The van der Waals surface area contributed by atoms with Crippen LogP contribution in [0.25, 0.3) is 11.0 Å². The van der Waals surface area contributed by atoms with Gasteiger partial charge in [0.2, 0.25) is 5.76 Å². The molecule has 166 valence electrons. The topological polar surface area (TPSA) is 78.2 Å². The van der Waals surface area contributed by atoms with Gasteiger partial charge in [0.1, 0.15) is 12.2 Å². The number of hydrogen-bond donors (Lipinski definition) is 0. The van der Waals surface area contributed by atoms with E-state index in [1.165, 1.54) is 7.11 Å². The minimum Gasteiger partial charge on any atom is -0.493 e. The summed E-state index contributed by atoms with van der Waals surface area (Å²) in [6.45, 7) is 4.58. The molecule has 0 bridgehead atoms. The van der Waals surface area contributed by atoms with Crippen LogP contribution in [-0.4, -0.2) is 44.8 Å². The summed E-state index contributed by atoms with van der Waals surface area (Å²) in [7, 11) is 3.10. The third-order valence-electron chi connectivity index (χ3n) is 5.32. The summed E-state index contributed by atoms with van der Waals surface area (Å²) in [5, 5.41) is 0.405. The van der Waals surface area contributed by atoms with Gasteiger partial charge in [-0.2, -0.15) is 0 Å². The fourth-order valence-corrected chi connectivity index (χ4v) is 4.24. The highest BCUT2D eigenvalue weighted by Gasteiger charge is 2.42. The van der Waals surface area contributed by atoms with E-state index in [0.717, 1.165) is 4.47 Å². The zero-order chi connectivity index (χ0) is 22.8. The van der Waals surface area contributed by atoms with Gasteiger partial charge in [-0.05, 0) is 35.9 Å². The minimum atomic E-state index is -0.644. The Morgan fingerprint density at radius 1 is 1.16 bits per heavy atom. The molecule has 4 rings (SSSR count). The molecule has 0 saturated heterocycles. The van der Waals surface area contributed by atoms with Gasteiger partial charge in [-0.1, -0.05) is 34.7 Å². The maximum atomic E-state index is 13.5. The summed E-state index contributed by atoms with van der Waals surface area (Å²) >= 11 is 3.40. The minimum absolute atomic E-state index is 0.0527. The first-order valence-electron chi connectivity index (χ1n) is 9.98. The molecule has 2 heterocycles. The lowest BCUT2D eigenvalue weighted by atomic mass is 9.98. The maximum absolute atomic E-state index is 13.5. The number of hydrogen-bond acceptors (Lipinski definition) is 6. The van der Waals surface area contributed by atoms with Gasteiger partial charge in [-0.3, -0.25) is 9.59 Å². The van der Waals surface area contributed by atoms with E-state index >= 15 is 0 Å². The molecule has 0 saturated carbocycles. The van der Waals surface area contributed by atoms with E-state index in [0.29, 0.717) is 53.4 Å². The molecule has 3 aromatic rings. The van der Waals surface area contributed by atoms with Gasteiger partial charge >= 0.3 is 0 Å². The highest BCUT2D eigenvalue weighted by molar-refractivity contribution is 9.10. The van der Waals surface area contributed by atoms with E-state index in [2.05, 4.69) is 22.5 Å². The molecular formula is C24H22BrNO6. The van der Waals surface area contributed by atoms with Crippen LogP contribution in [0.5, 0.6) is 11.5 Å². The molecule has 32 heavy (non-hydrogen) atoms. The smallest absolute Gasteiger partial charge is 0.290 e. The number of ether oxygens (including phenoxy) is 3. The van der Waals surface area contributed by atoms with E-state index < -0.39 is 6.04 Å². The lowest BCUT2D eigenvalue weighted by Gasteiger charge is -2.25. The average Bonchev–Trinajstić information content (AvgIpc) is 3.08. The van der Waals surface area contributed by atoms with Crippen molar-refractivity contribution in [2.24, 2.45) is 0 Å². The van der Waals surface area contributed by atoms with Crippen LogP contribution in [0.3, 0.4) is 0 Å². The van der Waals surface area contributed by atoms with Crippen molar-refractivity contribution in [3.8, 4) is 11.5 Å². The number of nitrogens with zero attached hydrogens (tertiary/aromatic N) is 1. The molecular weight excluding hydrogens is 478 g/mol. The van der Waals surface area contributed by atoms with Gasteiger partial charge in [0.15, 0.2) is 16.9 Å². The average molecular weight is 500 g/mol. The molecule has 0 fully saturated rings. The van der Waals surface area contributed by atoms with Crippen LogP contribution in [0.2, 0.25) is 0 Å². The Hall–Kier alpha value is -3.10. The third-order valence-corrected chi connectivity index (χ3v) is 5.82. The van der Waals surface area contributed by atoms with Crippen LogP contribution in [0.4, 0.5) is 0 Å².